The van der Waals surface area contributed by atoms with Crippen molar-refractivity contribution in [2.24, 2.45) is 0 Å². The molecule has 4 aromatic rings. The maximum Gasteiger partial charge on any atom is 0.356 e. The first-order valence-electron chi connectivity index (χ1n) is 8.80. The summed E-state index contributed by atoms with van der Waals surface area (Å²) in [6, 6.07) is 15.9. The highest BCUT2D eigenvalue weighted by molar-refractivity contribution is 6.09. The average Bonchev–Trinajstić information content (AvgIpc) is 2.73. The Morgan fingerprint density at radius 2 is 1.86 bits per heavy atom. The fraction of sp³-hybridized carbons (Fsp3) is 0.136. The molecule has 2 aromatic carbocycles. The molecule has 140 valence electrons. The van der Waals surface area contributed by atoms with Crippen LogP contribution in [0.15, 0.2) is 63.8 Å². The molecule has 4 rings (SSSR count). The molecule has 0 unspecified atom stereocenters. The summed E-state index contributed by atoms with van der Waals surface area (Å²) in [5.41, 5.74) is 1.73. The van der Waals surface area contributed by atoms with Crippen LogP contribution < -0.4 is 10.4 Å². The van der Waals surface area contributed by atoms with E-state index in [1.807, 2.05) is 18.2 Å². The van der Waals surface area contributed by atoms with E-state index < -0.39 is 11.6 Å². The molecule has 0 aliphatic rings. The number of para-hydroxylation sites is 1. The fourth-order valence-corrected chi connectivity index (χ4v) is 3.16. The van der Waals surface area contributed by atoms with E-state index >= 15 is 0 Å². The van der Waals surface area contributed by atoms with Crippen molar-refractivity contribution in [2.75, 3.05) is 13.7 Å². The number of rotatable bonds is 4. The molecule has 0 radical (unpaired) electrons. The number of nitrogens with zero attached hydrogens (tertiary/aromatic N) is 1. The third-order valence-corrected chi connectivity index (χ3v) is 4.45. The molecular formula is C22H17NO5. The molecule has 6 heteroatoms. The molecule has 0 aliphatic heterocycles. The van der Waals surface area contributed by atoms with Gasteiger partial charge in [-0.15, -0.1) is 0 Å². The number of methoxy groups -OCH3 is 1. The first kappa shape index (κ1) is 17.7. The number of aromatic nitrogens is 1. The molecule has 6 nitrogen and oxygen atoms in total. The van der Waals surface area contributed by atoms with E-state index in [2.05, 4.69) is 4.98 Å². The molecule has 0 saturated carbocycles. The normalized spacial score (nSPS) is 10.9. The quantitative estimate of drug-likeness (QED) is 0.302. The van der Waals surface area contributed by atoms with Gasteiger partial charge in [-0.2, -0.15) is 0 Å². The Kier molecular flexibility index (Phi) is 4.53. The van der Waals surface area contributed by atoms with Gasteiger partial charge < -0.3 is 13.9 Å². The zero-order valence-corrected chi connectivity index (χ0v) is 15.4. The minimum Gasteiger partial charge on any atom is -0.497 e. The number of hydrogen-bond donors (Lipinski definition) is 0. The van der Waals surface area contributed by atoms with Gasteiger partial charge >= 0.3 is 11.6 Å². The lowest BCUT2D eigenvalue weighted by Gasteiger charge is -2.11. The van der Waals surface area contributed by atoms with E-state index in [-0.39, 0.29) is 12.3 Å². The summed E-state index contributed by atoms with van der Waals surface area (Å²) in [6.45, 7) is 1.96. The summed E-state index contributed by atoms with van der Waals surface area (Å²) in [6.07, 6.45) is 0. The molecule has 0 saturated heterocycles. The Morgan fingerprint density at radius 1 is 1.11 bits per heavy atom. The van der Waals surface area contributed by atoms with E-state index in [1.165, 1.54) is 0 Å². The predicted molar refractivity (Wildman–Crippen MR) is 106 cm³/mol. The van der Waals surface area contributed by atoms with Crippen LogP contribution >= 0.6 is 0 Å². The number of fused-ring (bicyclic) bond motifs is 3. The second-order valence-electron chi connectivity index (χ2n) is 6.11. The minimum absolute atomic E-state index is 0.135. The van der Waals surface area contributed by atoms with Gasteiger partial charge in [-0.25, -0.2) is 14.6 Å². The Morgan fingerprint density at radius 3 is 2.57 bits per heavy atom. The molecule has 0 aliphatic carbocycles. The van der Waals surface area contributed by atoms with Crippen molar-refractivity contribution in [1.29, 1.82) is 0 Å². The largest absolute Gasteiger partial charge is 0.497 e. The SMILES string of the molecule is CCOC(=O)c1cc(-c2ccc(OC)cc2)c2c(=O)oc3ccccc3c2n1. The van der Waals surface area contributed by atoms with E-state index in [4.69, 9.17) is 13.9 Å². The van der Waals surface area contributed by atoms with Crippen molar-refractivity contribution in [2.45, 2.75) is 6.92 Å². The Balaban J connectivity index is 2.10. The zero-order chi connectivity index (χ0) is 19.7. The van der Waals surface area contributed by atoms with Gasteiger partial charge in [-0.3, -0.25) is 0 Å². The molecule has 0 fully saturated rings. The highest BCUT2D eigenvalue weighted by Gasteiger charge is 2.19. The number of ether oxygens (including phenoxy) is 2. The van der Waals surface area contributed by atoms with Gasteiger partial charge in [0.1, 0.15) is 17.0 Å². The molecule has 0 amide bonds. The molecule has 0 bridgehead atoms. The van der Waals surface area contributed by atoms with E-state index in [0.717, 1.165) is 5.56 Å². The lowest BCUT2D eigenvalue weighted by molar-refractivity contribution is 0.0520. The predicted octanol–water partition coefficient (Wildman–Crippen LogP) is 4.19. The molecule has 0 spiro atoms. The summed E-state index contributed by atoms with van der Waals surface area (Å²) in [4.78, 5) is 29.6. The van der Waals surface area contributed by atoms with Gasteiger partial charge in [-0.05, 0) is 42.8 Å². The number of hydrogen-bond acceptors (Lipinski definition) is 6. The van der Waals surface area contributed by atoms with Gasteiger partial charge in [0, 0.05) is 10.9 Å². The Labute approximate surface area is 160 Å². The number of benzene rings is 2. The topological polar surface area (TPSA) is 78.6 Å². The van der Waals surface area contributed by atoms with E-state index in [0.29, 0.717) is 33.2 Å². The molecule has 0 N–H and O–H groups in total. The molecule has 0 atom stereocenters. The van der Waals surface area contributed by atoms with Crippen molar-refractivity contribution in [3.05, 3.63) is 70.7 Å². The van der Waals surface area contributed by atoms with Gasteiger partial charge in [0.25, 0.3) is 0 Å². The summed E-state index contributed by atoms with van der Waals surface area (Å²) < 4.78 is 15.8. The summed E-state index contributed by atoms with van der Waals surface area (Å²) in [5.74, 6) is 0.140. The maximum atomic E-state index is 12.8. The first-order valence-corrected chi connectivity index (χ1v) is 8.80. The van der Waals surface area contributed by atoms with Crippen LogP contribution in [-0.4, -0.2) is 24.7 Å². The molecule has 2 heterocycles. The van der Waals surface area contributed by atoms with Gasteiger partial charge in [0.15, 0.2) is 0 Å². The summed E-state index contributed by atoms with van der Waals surface area (Å²) >= 11 is 0. The third kappa shape index (κ3) is 2.99. The minimum atomic E-state index is -0.545. The van der Waals surface area contributed by atoms with Crippen LogP contribution in [0.25, 0.3) is 33.0 Å². The monoisotopic (exact) mass is 375 g/mol. The first-order chi connectivity index (χ1) is 13.6. The van der Waals surface area contributed by atoms with Crippen molar-refractivity contribution < 1.29 is 18.7 Å². The lowest BCUT2D eigenvalue weighted by Crippen LogP contribution is -2.10. The van der Waals surface area contributed by atoms with E-state index in [9.17, 15) is 9.59 Å². The zero-order valence-electron chi connectivity index (χ0n) is 15.4. The molecular weight excluding hydrogens is 358 g/mol. The van der Waals surface area contributed by atoms with Gasteiger partial charge in [0.2, 0.25) is 0 Å². The van der Waals surface area contributed by atoms with Crippen LogP contribution in [0, 0.1) is 0 Å². The Hall–Kier alpha value is -3.67. The number of carbonyl (C=O) groups excluding carboxylic acids is 1. The molecule has 28 heavy (non-hydrogen) atoms. The lowest BCUT2D eigenvalue weighted by atomic mass is 10.00. The molecule has 2 aromatic heterocycles. The van der Waals surface area contributed by atoms with E-state index in [1.54, 1.807) is 50.4 Å². The van der Waals surface area contributed by atoms with Crippen LogP contribution in [-0.2, 0) is 4.74 Å². The van der Waals surface area contributed by atoms with Crippen molar-refractivity contribution >= 4 is 27.8 Å². The van der Waals surface area contributed by atoms with Gasteiger partial charge in [0.05, 0.1) is 24.6 Å². The third-order valence-electron chi connectivity index (χ3n) is 4.45. The van der Waals surface area contributed by atoms with Crippen molar-refractivity contribution in [3.63, 3.8) is 0 Å². The summed E-state index contributed by atoms with van der Waals surface area (Å²) in [7, 11) is 1.58. The van der Waals surface area contributed by atoms with Crippen LogP contribution in [0.1, 0.15) is 17.4 Å². The second kappa shape index (κ2) is 7.15. The van der Waals surface area contributed by atoms with Crippen LogP contribution in [0.3, 0.4) is 0 Å². The smallest absolute Gasteiger partial charge is 0.356 e. The van der Waals surface area contributed by atoms with Crippen LogP contribution in [0.2, 0.25) is 0 Å². The standard InChI is InChI=1S/C22H17NO5/c1-3-27-21(24)17-12-16(13-8-10-14(26-2)11-9-13)19-20(23-17)15-6-4-5-7-18(15)28-22(19)25/h4-12H,3H2,1-2H3. The highest BCUT2D eigenvalue weighted by Crippen LogP contribution is 2.31. The number of pyridine rings is 1. The number of carbonyl (C=O) groups is 1. The maximum absolute atomic E-state index is 12.8. The van der Waals surface area contributed by atoms with Crippen LogP contribution in [0.4, 0.5) is 0 Å². The summed E-state index contributed by atoms with van der Waals surface area (Å²) in [5, 5.41) is 0.968. The highest BCUT2D eigenvalue weighted by atomic mass is 16.5. The van der Waals surface area contributed by atoms with Gasteiger partial charge in [-0.1, -0.05) is 24.3 Å². The van der Waals surface area contributed by atoms with Crippen molar-refractivity contribution in [3.8, 4) is 16.9 Å². The average molecular weight is 375 g/mol. The second-order valence-corrected chi connectivity index (χ2v) is 6.11. The Bertz CT molecular complexity index is 1240. The van der Waals surface area contributed by atoms with Crippen LogP contribution in [0.5, 0.6) is 5.75 Å². The fourth-order valence-electron chi connectivity index (χ4n) is 3.16. The van der Waals surface area contributed by atoms with Crippen molar-refractivity contribution in [1.82, 2.24) is 4.98 Å². The number of esters is 1.